The Kier molecular flexibility index (Phi) is 6.72. The highest BCUT2D eigenvalue weighted by Crippen LogP contribution is 2.26. The molecule has 1 aliphatic rings. The smallest absolute Gasteiger partial charge is 0.344 e. The standard InChI is InChI=1S/C19H29ClN2O3/c1-13-14(2)22(9-8-21-13)11-15-10-16(20)6-7-17(15)24-12-18(23)25-19(3,4)5/h6-7,10,13-14,21H,8-9,11-12H2,1-5H3. The van der Waals surface area contributed by atoms with Crippen molar-refractivity contribution in [3.8, 4) is 5.75 Å². The summed E-state index contributed by atoms with van der Waals surface area (Å²) in [6.07, 6.45) is 0. The van der Waals surface area contributed by atoms with Crippen LogP contribution in [-0.4, -0.2) is 48.3 Å². The molecule has 1 aromatic rings. The second-order valence-electron chi connectivity index (χ2n) is 7.58. The number of piperazine rings is 1. The number of carbonyl (C=O) groups excluding carboxylic acids is 1. The van der Waals surface area contributed by atoms with Crippen LogP contribution in [-0.2, 0) is 16.1 Å². The molecular weight excluding hydrogens is 340 g/mol. The number of halogens is 1. The maximum atomic E-state index is 11.9. The number of hydrogen-bond donors (Lipinski definition) is 1. The van der Waals surface area contributed by atoms with Gasteiger partial charge in [0, 0.05) is 42.3 Å². The van der Waals surface area contributed by atoms with Gasteiger partial charge in [0.1, 0.15) is 11.4 Å². The van der Waals surface area contributed by atoms with E-state index in [0.717, 1.165) is 25.2 Å². The van der Waals surface area contributed by atoms with E-state index in [1.165, 1.54) is 0 Å². The van der Waals surface area contributed by atoms with E-state index >= 15 is 0 Å². The molecule has 0 aliphatic carbocycles. The Balaban J connectivity index is 2.05. The minimum Gasteiger partial charge on any atom is -0.482 e. The number of ether oxygens (including phenoxy) is 2. The van der Waals surface area contributed by atoms with E-state index in [0.29, 0.717) is 22.9 Å². The molecule has 2 atom stereocenters. The van der Waals surface area contributed by atoms with Crippen LogP contribution >= 0.6 is 11.6 Å². The van der Waals surface area contributed by atoms with E-state index in [-0.39, 0.29) is 12.6 Å². The molecule has 25 heavy (non-hydrogen) atoms. The van der Waals surface area contributed by atoms with Crippen molar-refractivity contribution in [3.05, 3.63) is 28.8 Å². The largest absolute Gasteiger partial charge is 0.482 e. The van der Waals surface area contributed by atoms with Crippen LogP contribution in [0, 0.1) is 0 Å². The maximum absolute atomic E-state index is 11.9. The van der Waals surface area contributed by atoms with Crippen LogP contribution in [0.25, 0.3) is 0 Å². The lowest BCUT2D eigenvalue weighted by Gasteiger charge is -2.38. The van der Waals surface area contributed by atoms with Gasteiger partial charge in [-0.25, -0.2) is 4.79 Å². The first-order chi connectivity index (χ1) is 11.7. The number of rotatable bonds is 5. The van der Waals surface area contributed by atoms with E-state index in [9.17, 15) is 4.79 Å². The maximum Gasteiger partial charge on any atom is 0.344 e. The van der Waals surface area contributed by atoms with Crippen molar-refractivity contribution >= 4 is 17.6 Å². The van der Waals surface area contributed by atoms with E-state index < -0.39 is 5.60 Å². The van der Waals surface area contributed by atoms with Gasteiger partial charge in [0.2, 0.25) is 0 Å². The molecule has 1 fully saturated rings. The highest BCUT2D eigenvalue weighted by molar-refractivity contribution is 6.30. The summed E-state index contributed by atoms with van der Waals surface area (Å²) in [7, 11) is 0. The molecule has 0 amide bonds. The molecular formula is C19H29ClN2O3. The predicted octanol–water partition coefficient (Wildman–Crippen LogP) is 3.24. The fourth-order valence-electron chi connectivity index (χ4n) is 2.89. The van der Waals surface area contributed by atoms with Gasteiger partial charge in [-0.15, -0.1) is 0 Å². The van der Waals surface area contributed by atoms with Crippen LogP contribution in [0.3, 0.4) is 0 Å². The van der Waals surface area contributed by atoms with Gasteiger partial charge >= 0.3 is 5.97 Å². The Labute approximate surface area is 155 Å². The SMILES string of the molecule is CC1NCCN(Cc2cc(Cl)ccc2OCC(=O)OC(C)(C)C)C1C. The summed E-state index contributed by atoms with van der Waals surface area (Å²) < 4.78 is 11.0. The Morgan fingerprint density at radius 3 is 2.76 bits per heavy atom. The molecule has 0 radical (unpaired) electrons. The summed E-state index contributed by atoms with van der Waals surface area (Å²) in [6, 6.07) is 6.34. The van der Waals surface area contributed by atoms with Gasteiger partial charge in [0.15, 0.2) is 6.61 Å². The lowest BCUT2D eigenvalue weighted by atomic mass is 10.1. The van der Waals surface area contributed by atoms with Gasteiger partial charge in [0.25, 0.3) is 0 Å². The quantitative estimate of drug-likeness (QED) is 0.808. The van der Waals surface area contributed by atoms with Gasteiger partial charge in [-0.1, -0.05) is 11.6 Å². The second-order valence-corrected chi connectivity index (χ2v) is 8.02. The van der Waals surface area contributed by atoms with Crippen molar-refractivity contribution in [2.75, 3.05) is 19.7 Å². The third kappa shape index (κ3) is 6.17. The van der Waals surface area contributed by atoms with Crippen molar-refractivity contribution in [2.24, 2.45) is 0 Å². The first-order valence-corrected chi connectivity index (χ1v) is 9.14. The second kappa shape index (κ2) is 8.39. The fraction of sp³-hybridized carbons (Fsp3) is 0.632. The lowest BCUT2D eigenvalue weighted by molar-refractivity contribution is -0.157. The van der Waals surface area contributed by atoms with Gasteiger partial charge in [-0.2, -0.15) is 0 Å². The first-order valence-electron chi connectivity index (χ1n) is 8.76. The first kappa shape index (κ1) is 20.0. The molecule has 1 aromatic carbocycles. The summed E-state index contributed by atoms with van der Waals surface area (Å²) >= 11 is 6.17. The summed E-state index contributed by atoms with van der Waals surface area (Å²) in [4.78, 5) is 14.3. The van der Waals surface area contributed by atoms with Crippen LogP contribution in [0.15, 0.2) is 18.2 Å². The highest BCUT2D eigenvalue weighted by Gasteiger charge is 2.25. The molecule has 2 rings (SSSR count). The Morgan fingerprint density at radius 1 is 1.36 bits per heavy atom. The summed E-state index contributed by atoms with van der Waals surface area (Å²) in [5.74, 6) is 0.297. The number of hydrogen-bond acceptors (Lipinski definition) is 5. The Morgan fingerprint density at radius 2 is 2.08 bits per heavy atom. The summed E-state index contributed by atoms with van der Waals surface area (Å²) in [5, 5.41) is 4.14. The third-order valence-corrected chi connectivity index (χ3v) is 4.56. The molecule has 1 saturated heterocycles. The van der Waals surface area contributed by atoms with Crippen molar-refractivity contribution < 1.29 is 14.3 Å². The zero-order chi connectivity index (χ0) is 18.6. The van der Waals surface area contributed by atoms with E-state index in [1.807, 2.05) is 32.9 Å². The molecule has 0 spiro atoms. The van der Waals surface area contributed by atoms with Crippen molar-refractivity contribution in [2.45, 2.75) is 58.8 Å². The van der Waals surface area contributed by atoms with Gasteiger partial charge in [0.05, 0.1) is 0 Å². The average Bonchev–Trinajstić information content (AvgIpc) is 2.49. The van der Waals surface area contributed by atoms with Crippen molar-refractivity contribution in [3.63, 3.8) is 0 Å². The van der Waals surface area contributed by atoms with Crippen LogP contribution < -0.4 is 10.1 Å². The molecule has 2 unspecified atom stereocenters. The number of esters is 1. The van der Waals surface area contributed by atoms with E-state index in [4.69, 9.17) is 21.1 Å². The molecule has 6 heteroatoms. The summed E-state index contributed by atoms with van der Waals surface area (Å²) in [6.45, 7) is 12.5. The number of carbonyl (C=O) groups is 1. The van der Waals surface area contributed by atoms with Crippen molar-refractivity contribution in [1.29, 1.82) is 0 Å². The van der Waals surface area contributed by atoms with Crippen LogP contribution in [0.4, 0.5) is 0 Å². The fourth-order valence-corrected chi connectivity index (χ4v) is 3.08. The van der Waals surface area contributed by atoms with Crippen LogP contribution in [0.1, 0.15) is 40.2 Å². The highest BCUT2D eigenvalue weighted by atomic mass is 35.5. The third-order valence-electron chi connectivity index (χ3n) is 4.33. The van der Waals surface area contributed by atoms with Crippen molar-refractivity contribution in [1.82, 2.24) is 10.2 Å². The molecule has 0 saturated carbocycles. The number of nitrogens with zero attached hydrogens (tertiary/aromatic N) is 1. The van der Waals surface area contributed by atoms with E-state index in [1.54, 1.807) is 6.07 Å². The molecule has 1 heterocycles. The number of nitrogens with one attached hydrogen (secondary N) is 1. The Bertz CT molecular complexity index is 601. The summed E-state index contributed by atoms with van der Waals surface area (Å²) in [5.41, 5.74) is 0.465. The zero-order valence-electron chi connectivity index (χ0n) is 15.8. The molecule has 1 N–H and O–H groups in total. The number of benzene rings is 1. The molecule has 0 aromatic heterocycles. The Hall–Kier alpha value is -1.30. The molecule has 0 bridgehead atoms. The van der Waals surface area contributed by atoms with Gasteiger partial charge < -0.3 is 14.8 Å². The molecule has 1 aliphatic heterocycles. The van der Waals surface area contributed by atoms with Crippen LogP contribution in [0.2, 0.25) is 5.02 Å². The minimum absolute atomic E-state index is 0.112. The topological polar surface area (TPSA) is 50.8 Å². The normalized spacial score (nSPS) is 21.8. The molecule has 5 nitrogen and oxygen atoms in total. The molecule has 140 valence electrons. The minimum atomic E-state index is -0.518. The zero-order valence-corrected chi connectivity index (χ0v) is 16.5. The van der Waals surface area contributed by atoms with Gasteiger partial charge in [-0.3, -0.25) is 4.90 Å². The predicted molar refractivity (Wildman–Crippen MR) is 100 cm³/mol. The van der Waals surface area contributed by atoms with Crippen LogP contribution in [0.5, 0.6) is 5.75 Å². The average molecular weight is 369 g/mol. The monoisotopic (exact) mass is 368 g/mol. The van der Waals surface area contributed by atoms with Gasteiger partial charge in [-0.05, 0) is 52.8 Å². The van der Waals surface area contributed by atoms with E-state index in [2.05, 4.69) is 24.1 Å². The lowest BCUT2D eigenvalue weighted by Crippen LogP contribution is -2.54.